The van der Waals surface area contributed by atoms with Crippen molar-refractivity contribution in [2.45, 2.75) is 13.5 Å². The average Bonchev–Trinajstić information content (AvgIpc) is 2.70. The molecule has 0 radical (unpaired) electrons. The van der Waals surface area contributed by atoms with Crippen molar-refractivity contribution in [1.82, 2.24) is 20.1 Å². The molecule has 2 rings (SSSR count). The highest BCUT2D eigenvalue weighted by molar-refractivity contribution is 9.10. The smallest absolute Gasteiger partial charge is 0.251 e. The van der Waals surface area contributed by atoms with Crippen molar-refractivity contribution in [3.05, 3.63) is 46.0 Å². The maximum atomic E-state index is 12.0. The van der Waals surface area contributed by atoms with E-state index < -0.39 is 0 Å². The number of halogens is 1. The van der Waals surface area contributed by atoms with E-state index in [9.17, 15) is 4.79 Å². The maximum absolute atomic E-state index is 12.0. The Morgan fingerprint density at radius 1 is 1.44 bits per heavy atom. The summed E-state index contributed by atoms with van der Waals surface area (Å²) in [5.74, 6) is 0.595. The number of carbonyl (C=O) groups excluding carboxylic acids is 1. The van der Waals surface area contributed by atoms with Gasteiger partial charge in [-0.25, -0.2) is 0 Å². The lowest BCUT2D eigenvalue weighted by Crippen LogP contribution is -2.24. The Morgan fingerprint density at radius 3 is 2.83 bits per heavy atom. The minimum Gasteiger partial charge on any atom is -0.345 e. The van der Waals surface area contributed by atoms with E-state index in [-0.39, 0.29) is 5.91 Å². The second-order valence-electron chi connectivity index (χ2n) is 4.06. The summed E-state index contributed by atoms with van der Waals surface area (Å²) in [7, 11) is 1.84. The molecule has 0 saturated heterocycles. The number of nitrogens with one attached hydrogen (secondary N) is 1. The van der Waals surface area contributed by atoms with Crippen LogP contribution in [-0.4, -0.2) is 20.7 Å². The van der Waals surface area contributed by atoms with Gasteiger partial charge in [-0.2, -0.15) is 0 Å². The molecule has 0 bridgehead atoms. The fraction of sp³-hybridized carbons (Fsp3) is 0.250. The normalized spacial score (nSPS) is 10.4. The van der Waals surface area contributed by atoms with Crippen LogP contribution in [0.5, 0.6) is 0 Å². The van der Waals surface area contributed by atoms with Crippen LogP contribution in [0, 0.1) is 6.92 Å². The van der Waals surface area contributed by atoms with Crippen molar-refractivity contribution in [2.75, 3.05) is 0 Å². The zero-order valence-corrected chi connectivity index (χ0v) is 11.7. The Hall–Kier alpha value is -1.69. The van der Waals surface area contributed by atoms with Gasteiger partial charge in [-0.3, -0.25) is 4.79 Å². The summed E-state index contributed by atoms with van der Waals surface area (Å²) in [6, 6.07) is 5.59. The fourth-order valence-corrected chi connectivity index (χ4v) is 2.20. The quantitative estimate of drug-likeness (QED) is 0.941. The van der Waals surface area contributed by atoms with Gasteiger partial charge >= 0.3 is 0 Å². The van der Waals surface area contributed by atoms with Crippen molar-refractivity contribution in [1.29, 1.82) is 0 Å². The molecule has 0 spiro atoms. The minimum atomic E-state index is -0.123. The molecule has 5 nitrogen and oxygen atoms in total. The molecule has 94 valence electrons. The van der Waals surface area contributed by atoms with Gasteiger partial charge in [0.1, 0.15) is 6.33 Å². The number of aromatic nitrogens is 3. The largest absolute Gasteiger partial charge is 0.345 e. The molecule has 18 heavy (non-hydrogen) atoms. The number of rotatable bonds is 3. The summed E-state index contributed by atoms with van der Waals surface area (Å²) in [5.41, 5.74) is 1.66. The molecule has 1 heterocycles. The zero-order chi connectivity index (χ0) is 13.1. The average molecular weight is 309 g/mol. The molecular weight excluding hydrogens is 296 g/mol. The number of hydrogen-bond donors (Lipinski definition) is 1. The van der Waals surface area contributed by atoms with Crippen molar-refractivity contribution in [3.8, 4) is 0 Å². The predicted molar refractivity (Wildman–Crippen MR) is 71.1 cm³/mol. The van der Waals surface area contributed by atoms with Crippen molar-refractivity contribution >= 4 is 21.8 Å². The minimum absolute atomic E-state index is 0.123. The number of benzene rings is 1. The summed E-state index contributed by atoms with van der Waals surface area (Å²) in [5, 5.41) is 10.5. The van der Waals surface area contributed by atoms with Crippen molar-refractivity contribution in [3.63, 3.8) is 0 Å². The van der Waals surface area contributed by atoms with Gasteiger partial charge in [-0.05, 0) is 30.7 Å². The molecule has 2 aromatic rings. The molecule has 1 aromatic carbocycles. The lowest BCUT2D eigenvalue weighted by atomic mass is 10.1. The van der Waals surface area contributed by atoms with Gasteiger partial charge in [0.25, 0.3) is 5.91 Å². The van der Waals surface area contributed by atoms with Gasteiger partial charge in [0, 0.05) is 17.1 Å². The molecule has 0 aliphatic heterocycles. The number of nitrogens with zero attached hydrogens (tertiary/aromatic N) is 3. The van der Waals surface area contributed by atoms with Crippen LogP contribution in [0.1, 0.15) is 21.7 Å². The van der Waals surface area contributed by atoms with Crippen LogP contribution in [-0.2, 0) is 13.6 Å². The number of hydrogen-bond acceptors (Lipinski definition) is 3. The van der Waals surface area contributed by atoms with Gasteiger partial charge in [0.15, 0.2) is 5.82 Å². The first-order chi connectivity index (χ1) is 8.56. The van der Waals surface area contributed by atoms with Gasteiger partial charge < -0.3 is 9.88 Å². The van der Waals surface area contributed by atoms with Crippen LogP contribution in [0.2, 0.25) is 0 Å². The number of amides is 1. The molecule has 1 N–H and O–H groups in total. The van der Waals surface area contributed by atoms with E-state index in [2.05, 4.69) is 31.4 Å². The summed E-state index contributed by atoms with van der Waals surface area (Å²) in [6.45, 7) is 2.31. The van der Waals surface area contributed by atoms with Crippen molar-refractivity contribution < 1.29 is 4.79 Å². The van der Waals surface area contributed by atoms with Gasteiger partial charge in [-0.15, -0.1) is 10.2 Å². The first kappa shape index (κ1) is 12.8. The SMILES string of the molecule is Cc1cc(Br)cc(C(=O)NCc2nncn2C)c1. The second-order valence-corrected chi connectivity index (χ2v) is 4.97. The first-order valence-corrected chi connectivity index (χ1v) is 6.24. The second kappa shape index (κ2) is 5.30. The molecule has 1 amide bonds. The predicted octanol–water partition coefficient (Wildman–Crippen LogP) is 1.82. The molecule has 0 aliphatic rings. The standard InChI is InChI=1S/C12H13BrN4O/c1-8-3-9(5-10(13)4-8)12(18)14-6-11-16-15-7-17(11)2/h3-5,7H,6H2,1-2H3,(H,14,18). The zero-order valence-electron chi connectivity index (χ0n) is 10.1. The van der Waals surface area contributed by atoms with E-state index in [0.717, 1.165) is 15.9 Å². The molecule has 0 saturated carbocycles. The van der Waals surface area contributed by atoms with E-state index in [1.165, 1.54) is 0 Å². The monoisotopic (exact) mass is 308 g/mol. The Labute approximate surface area is 113 Å². The summed E-state index contributed by atoms with van der Waals surface area (Å²) in [6.07, 6.45) is 1.60. The fourth-order valence-electron chi connectivity index (χ4n) is 1.60. The number of carbonyl (C=O) groups is 1. The molecular formula is C12H13BrN4O. The third-order valence-electron chi connectivity index (χ3n) is 2.52. The van der Waals surface area contributed by atoms with Crippen LogP contribution >= 0.6 is 15.9 Å². The van der Waals surface area contributed by atoms with E-state index in [1.807, 2.05) is 26.1 Å². The van der Waals surface area contributed by atoms with Crippen LogP contribution < -0.4 is 5.32 Å². The lowest BCUT2D eigenvalue weighted by molar-refractivity contribution is 0.0949. The van der Waals surface area contributed by atoms with Gasteiger partial charge in [-0.1, -0.05) is 15.9 Å². The maximum Gasteiger partial charge on any atom is 0.251 e. The summed E-state index contributed by atoms with van der Waals surface area (Å²) < 4.78 is 2.67. The molecule has 0 fully saturated rings. The van der Waals surface area contributed by atoms with E-state index >= 15 is 0 Å². The highest BCUT2D eigenvalue weighted by atomic mass is 79.9. The lowest BCUT2D eigenvalue weighted by Gasteiger charge is -2.06. The Balaban J connectivity index is 2.06. The first-order valence-electron chi connectivity index (χ1n) is 5.44. The van der Waals surface area contributed by atoms with E-state index in [0.29, 0.717) is 12.1 Å². The van der Waals surface area contributed by atoms with Crippen LogP contribution in [0.4, 0.5) is 0 Å². The summed E-state index contributed by atoms with van der Waals surface area (Å²) >= 11 is 3.38. The topological polar surface area (TPSA) is 59.8 Å². The summed E-state index contributed by atoms with van der Waals surface area (Å²) in [4.78, 5) is 12.0. The molecule has 0 atom stereocenters. The molecule has 1 aromatic heterocycles. The highest BCUT2D eigenvalue weighted by Gasteiger charge is 2.08. The Morgan fingerprint density at radius 2 is 2.22 bits per heavy atom. The van der Waals surface area contributed by atoms with E-state index in [4.69, 9.17) is 0 Å². The third-order valence-corrected chi connectivity index (χ3v) is 2.97. The van der Waals surface area contributed by atoms with Crippen molar-refractivity contribution in [2.24, 2.45) is 7.05 Å². The van der Waals surface area contributed by atoms with Gasteiger partial charge in [0.2, 0.25) is 0 Å². The van der Waals surface area contributed by atoms with E-state index in [1.54, 1.807) is 17.0 Å². The molecule has 0 aliphatic carbocycles. The van der Waals surface area contributed by atoms with Crippen LogP contribution in [0.15, 0.2) is 29.0 Å². The number of aryl methyl sites for hydroxylation is 2. The Kier molecular flexibility index (Phi) is 3.76. The Bertz CT molecular complexity index is 559. The van der Waals surface area contributed by atoms with Crippen LogP contribution in [0.25, 0.3) is 0 Å². The highest BCUT2D eigenvalue weighted by Crippen LogP contribution is 2.15. The van der Waals surface area contributed by atoms with Crippen LogP contribution in [0.3, 0.4) is 0 Å². The third kappa shape index (κ3) is 2.95. The molecule has 6 heteroatoms. The van der Waals surface area contributed by atoms with Gasteiger partial charge in [0.05, 0.1) is 6.54 Å². The molecule has 0 unspecified atom stereocenters.